The van der Waals surface area contributed by atoms with E-state index in [2.05, 4.69) is 47.3 Å². The van der Waals surface area contributed by atoms with Gasteiger partial charge in [-0.05, 0) is 43.6 Å². The molecule has 3 saturated heterocycles. The molecule has 3 unspecified atom stereocenters. The van der Waals surface area contributed by atoms with E-state index in [0.29, 0.717) is 13.0 Å². The van der Waals surface area contributed by atoms with E-state index in [-0.39, 0.29) is 45.7 Å². The molecule has 3 N–H and O–H groups in total. The van der Waals surface area contributed by atoms with Crippen LogP contribution in [0.25, 0.3) is 0 Å². The topological polar surface area (TPSA) is 98.7 Å². The Morgan fingerprint density at radius 1 is 1.15 bits per heavy atom. The number of carbonyl (C=O) groups is 3. The average Bonchev–Trinajstić information content (AvgIpc) is 3.40. The van der Waals surface area contributed by atoms with Crippen LogP contribution < -0.4 is 10.6 Å². The summed E-state index contributed by atoms with van der Waals surface area (Å²) in [6.07, 6.45) is 1.38. The molecule has 3 aliphatic heterocycles. The fourth-order valence-corrected chi connectivity index (χ4v) is 10.9. The van der Waals surface area contributed by atoms with Crippen LogP contribution in [0.15, 0.2) is 30.3 Å². The average molecular weight is 623 g/mol. The number of thioether (sulfide) groups is 1. The van der Waals surface area contributed by atoms with Crippen LogP contribution in [-0.2, 0) is 20.9 Å². The molecule has 1 aromatic rings. The molecule has 9 heteroatoms. The number of hydrogen-bond donors (Lipinski definition) is 3. The zero-order valence-corrected chi connectivity index (χ0v) is 26.6. The standard InChI is InChI=1S/C30H44BrN3O4S/c1-17(2)20(15-35)34-24(26(37)33-29(6,7)16-28(3,4)5)30-13-19(31)23(39-30)21(22(30)27(34)38)25(36)32-14-18-11-9-8-10-12-18/h8-12,17,19-24,35H,13-16H2,1-7H3,(H,32,36)(H,33,37)/t19?,20-,21-,22-,23-,24?,30?/m0/s1. The molecule has 216 valence electrons. The van der Waals surface area contributed by atoms with Gasteiger partial charge in [-0.1, -0.05) is 80.9 Å². The van der Waals surface area contributed by atoms with Crippen LogP contribution in [0.3, 0.4) is 0 Å². The Morgan fingerprint density at radius 3 is 2.36 bits per heavy atom. The molecule has 3 fully saturated rings. The number of aliphatic hydroxyl groups is 1. The first-order chi connectivity index (χ1) is 18.1. The molecule has 3 aliphatic rings. The predicted octanol–water partition coefficient (Wildman–Crippen LogP) is 4.12. The maximum atomic E-state index is 14.3. The van der Waals surface area contributed by atoms with Gasteiger partial charge in [0.2, 0.25) is 17.7 Å². The first-order valence-electron chi connectivity index (χ1n) is 14.0. The van der Waals surface area contributed by atoms with Gasteiger partial charge in [0.05, 0.1) is 29.2 Å². The van der Waals surface area contributed by atoms with E-state index in [1.807, 2.05) is 58.0 Å². The van der Waals surface area contributed by atoms with Gasteiger partial charge in [-0.15, -0.1) is 11.8 Å². The maximum Gasteiger partial charge on any atom is 0.244 e. The first-order valence-corrected chi connectivity index (χ1v) is 15.8. The lowest BCUT2D eigenvalue weighted by molar-refractivity contribution is -0.144. The van der Waals surface area contributed by atoms with E-state index >= 15 is 0 Å². The van der Waals surface area contributed by atoms with E-state index in [9.17, 15) is 19.5 Å². The zero-order chi connectivity index (χ0) is 28.9. The molecule has 4 rings (SSSR count). The molecule has 0 radical (unpaired) electrons. The molecule has 3 amide bonds. The maximum absolute atomic E-state index is 14.3. The van der Waals surface area contributed by atoms with Crippen molar-refractivity contribution in [3.05, 3.63) is 35.9 Å². The summed E-state index contributed by atoms with van der Waals surface area (Å²) in [5.41, 5.74) is 0.495. The molecule has 2 bridgehead atoms. The molecule has 7 nitrogen and oxygen atoms in total. The number of halogens is 1. The van der Waals surface area contributed by atoms with E-state index in [1.165, 1.54) is 0 Å². The molecule has 7 atom stereocenters. The van der Waals surface area contributed by atoms with E-state index in [1.54, 1.807) is 16.7 Å². The lowest BCUT2D eigenvalue weighted by atomic mass is 9.70. The Bertz CT molecular complexity index is 1090. The monoisotopic (exact) mass is 621 g/mol. The van der Waals surface area contributed by atoms with Crippen molar-refractivity contribution in [3.8, 4) is 0 Å². The van der Waals surface area contributed by atoms with Crippen LogP contribution in [0.2, 0.25) is 0 Å². The second-order valence-electron chi connectivity index (χ2n) is 13.7. The summed E-state index contributed by atoms with van der Waals surface area (Å²) >= 11 is 5.45. The highest BCUT2D eigenvalue weighted by molar-refractivity contribution is 9.09. The number of rotatable bonds is 9. The number of amides is 3. The second kappa shape index (κ2) is 11.0. The number of alkyl halides is 1. The Morgan fingerprint density at radius 2 is 1.79 bits per heavy atom. The molecular weight excluding hydrogens is 578 g/mol. The van der Waals surface area contributed by atoms with E-state index in [0.717, 1.165) is 12.0 Å². The van der Waals surface area contributed by atoms with Crippen molar-refractivity contribution >= 4 is 45.4 Å². The van der Waals surface area contributed by atoms with E-state index < -0.39 is 34.2 Å². The summed E-state index contributed by atoms with van der Waals surface area (Å²) < 4.78 is -0.741. The minimum Gasteiger partial charge on any atom is -0.394 e. The van der Waals surface area contributed by atoms with Crippen molar-refractivity contribution in [2.75, 3.05) is 6.61 Å². The van der Waals surface area contributed by atoms with Gasteiger partial charge in [-0.3, -0.25) is 14.4 Å². The van der Waals surface area contributed by atoms with Crippen LogP contribution in [-0.4, -0.2) is 66.8 Å². The summed E-state index contributed by atoms with van der Waals surface area (Å²) in [5, 5.41) is 16.6. The van der Waals surface area contributed by atoms with Gasteiger partial charge >= 0.3 is 0 Å². The first kappa shape index (κ1) is 30.4. The largest absolute Gasteiger partial charge is 0.394 e. The summed E-state index contributed by atoms with van der Waals surface area (Å²) in [4.78, 5) is 43.9. The molecule has 3 heterocycles. The number of carbonyl (C=O) groups excluding carboxylic acids is 3. The SMILES string of the molecule is CC(C)[C@H](CO)N1C(=O)[C@@H]2[C@H](C(=O)NCc3ccccc3)[C@H]3SC2(CC3Br)C1C(=O)NC(C)(C)CC(C)(C)C. The Labute approximate surface area is 245 Å². The van der Waals surface area contributed by atoms with Crippen LogP contribution >= 0.6 is 27.7 Å². The molecule has 0 saturated carbocycles. The fourth-order valence-electron chi connectivity index (χ4n) is 7.32. The molecule has 39 heavy (non-hydrogen) atoms. The van der Waals surface area contributed by atoms with Gasteiger partial charge in [0.25, 0.3) is 0 Å². The lowest BCUT2D eigenvalue weighted by Gasteiger charge is -2.41. The second-order valence-corrected chi connectivity index (χ2v) is 16.4. The molecule has 1 aromatic carbocycles. The van der Waals surface area contributed by atoms with Gasteiger partial charge in [-0.2, -0.15) is 0 Å². The Kier molecular flexibility index (Phi) is 8.58. The van der Waals surface area contributed by atoms with Gasteiger partial charge in [-0.25, -0.2) is 0 Å². The molecule has 0 aromatic heterocycles. The van der Waals surface area contributed by atoms with Gasteiger partial charge in [0.1, 0.15) is 6.04 Å². The summed E-state index contributed by atoms with van der Waals surface area (Å²) in [6, 6.07) is 8.44. The third kappa shape index (κ3) is 5.78. The number of likely N-dealkylation sites (tertiary alicyclic amines) is 1. The molecule has 0 aliphatic carbocycles. The van der Waals surface area contributed by atoms with Gasteiger partial charge in [0.15, 0.2) is 0 Å². The van der Waals surface area contributed by atoms with Crippen molar-refractivity contribution in [3.63, 3.8) is 0 Å². The number of nitrogens with one attached hydrogen (secondary N) is 2. The summed E-state index contributed by atoms with van der Waals surface area (Å²) in [5.74, 6) is -1.77. The highest BCUT2D eigenvalue weighted by Crippen LogP contribution is 2.68. The third-order valence-corrected chi connectivity index (χ3v) is 11.6. The summed E-state index contributed by atoms with van der Waals surface area (Å²) in [7, 11) is 0. The van der Waals surface area contributed by atoms with Gasteiger partial charge in [0, 0.05) is 22.2 Å². The number of fused-ring (bicyclic) bond motifs is 1. The lowest BCUT2D eigenvalue weighted by Crippen LogP contribution is -2.61. The quantitative estimate of drug-likeness (QED) is 0.360. The van der Waals surface area contributed by atoms with Crippen molar-refractivity contribution in [1.29, 1.82) is 0 Å². The third-order valence-electron chi connectivity index (χ3n) is 8.34. The van der Waals surface area contributed by atoms with Crippen molar-refractivity contribution in [2.45, 2.75) is 100 Å². The van der Waals surface area contributed by atoms with E-state index in [4.69, 9.17) is 0 Å². The van der Waals surface area contributed by atoms with Crippen LogP contribution in [0.1, 0.15) is 66.9 Å². The summed E-state index contributed by atoms with van der Waals surface area (Å²) in [6.45, 7) is 14.5. The van der Waals surface area contributed by atoms with Crippen LogP contribution in [0.5, 0.6) is 0 Å². The number of benzene rings is 1. The smallest absolute Gasteiger partial charge is 0.244 e. The molecule has 1 spiro atoms. The zero-order valence-electron chi connectivity index (χ0n) is 24.2. The van der Waals surface area contributed by atoms with Crippen molar-refractivity contribution < 1.29 is 19.5 Å². The minimum absolute atomic E-state index is 0.00218. The van der Waals surface area contributed by atoms with Crippen molar-refractivity contribution in [2.24, 2.45) is 23.2 Å². The Hall–Kier alpha value is -1.58. The van der Waals surface area contributed by atoms with Gasteiger partial charge < -0.3 is 20.6 Å². The van der Waals surface area contributed by atoms with Crippen LogP contribution in [0.4, 0.5) is 0 Å². The highest BCUT2D eigenvalue weighted by atomic mass is 79.9. The predicted molar refractivity (Wildman–Crippen MR) is 159 cm³/mol. The normalized spacial score (nSPS) is 31.0. The highest BCUT2D eigenvalue weighted by Gasteiger charge is 2.76. The number of hydrogen-bond acceptors (Lipinski definition) is 5. The number of aliphatic hydroxyl groups excluding tert-OH is 1. The Balaban J connectivity index is 1.69. The molecular formula is C30H44BrN3O4S. The fraction of sp³-hybridized carbons (Fsp3) is 0.700. The minimum atomic E-state index is -0.768. The number of nitrogens with zero attached hydrogens (tertiary/aromatic N) is 1. The van der Waals surface area contributed by atoms with Crippen LogP contribution in [0, 0.1) is 23.2 Å². The van der Waals surface area contributed by atoms with Crippen molar-refractivity contribution in [1.82, 2.24) is 15.5 Å².